The summed E-state index contributed by atoms with van der Waals surface area (Å²) in [7, 11) is 1.50. The van der Waals surface area contributed by atoms with E-state index in [0.29, 0.717) is 13.0 Å². The molecule has 1 rings (SSSR count). The molecular formula is C15H25NO4. The van der Waals surface area contributed by atoms with E-state index in [0.717, 1.165) is 24.8 Å². The number of carbonyl (C=O) groups excluding carboxylic acids is 1. The zero-order valence-corrected chi connectivity index (χ0v) is 12.2. The van der Waals surface area contributed by atoms with Gasteiger partial charge in [-0.3, -0.25) is 4.79 Å². The second kappa shape index (κ2) is 8.89. The molecule has 1 unspecified atom stereocenters. The van der Waals surface area contributed by atoms with Gasteiger partial charge >= 0.3 is 0 Å². The van der Waals surface area contributed by atoms with Crippen LogP contribution in [-0.2, 0) is 9.53 Å². The molecule has 1 amide bonds. The Morgan fingerprint density at radius 3 is 2.80 bits per heavy atom. The normalized spacial score (nSPS) is 34.5. The molecule has 0 radical (unpaired) electrons. The second-order valence-electron chi connectivity index (χ2n) is 5.15. The van der Waals surface area contributed by atoms with Gasteiger partial charge in [0.05, 0.1) is 0 Å². The van der Waals surface area contributed by atoms with Crippen LogP contribution in [0.5, 0.6) is 0 Å². The molecule has 0 aromatic carbocycles. The zero-order chi connectivity index (χ0) is 15.0. The van der Waals surface area contributed by atoms with E-state index >= 15 is 0 Å². The summed E-state index contributed by atoms with van der Waals surface area (Å²) in [6.07, 6.45) is 5.74. The fourth-order valence-electron chi connectivity index (χ4n) is 2.08. The van der Waals surface area contributed by atoms with E-state index < -0.39 is 18.3 Å². The fourth-order valence-corrected chi connectivity index (χ4v) is 2.08. The van der Waals surface area contributed by atoms with Crippen LogP contribution in [-0.4, -0.2) is 48.1 Å². The third-order valence-corrected chi connectivity index (χ3v) is 3.33. The predicted octanol–water partition coefficient (Wildman–Crippen LogP) is 0.916. The van der Waals surface area contributed by atoms with Crippen LogP contribution in [0, 0.1) is 0 Å². The lowest BCUT2D eigenvalue weighted by Crippen LogP contribution is -2.37. The molecule has 0 aromatic heterocycles. The SMILES string of the molecule is COC1/C=C\CCCCC(=O)NC/C(C)=C/[C@@H](O)[C@@H]1O. The molecule has 3 atom stereocenters. The van der Waals surface area contributed by atoms with Crippen molar-refractivity contribution in [3.05, 3.63) is 23.8 Å². The van der Waals surface area contributed by atoms with Crippen LogP contribution in [0.4, 0.5) is 0 Å². The number of carbonyl (C=O) groups is 1. The lowest BCUT2D eigenvalue weighted by molar-refractivity contribution is -0.121. The maximum Gasteiger partial charge on any atom is 0.220 e. The van der Waals surface area contributed by atoms with E-state index in [1.54, 1.807) is 19.1 Å². The fraction of sp³-hybridized carbons (Fsp3) is 0.667. The molecule has 0 saturated carbocycles. The first kappa shape index (κ1) is 16.9. The number of ether oxygens (including phenoxy) is 1. The Morgan fingerprint density at radius 1 is 1.35 bits per heavy atom. The minimum atomic E-state index is -1.02. The van der Waals surface area contributed by atoms with Crippen molar-refractivity contribution in [2.45, 2.75) is 50.9 Å². The van der Waals surface area contributed by atoms with E-state index in [1.807, 2.05) is 6.08 Å². The highest BCUT2D eigenvalue weighted by Gasteiger charge is 2.23. The van der Waals surface area contributed by atoms with Crippen molar-refractivity contribution in [2.24, 2.45) is 0 Å². The van der Waals surface area contributed by atoms with Crippen LogP contribution in [0.3, 0.4) is 0 Å². The summed E-state index contributed by atoms with van der Waals surface area (Å²) in [5, 5.41) is 22.8. The van der Waals surface area contributed by atoms with E-state index in [1.165, 1.54) is 7.11 Å². The van der Waals surface area contributed by atoms with Gasteiger partial charge in [-0.2, -0.15) is 0 Å². The van der Waals surface area contributed by atoms with Gasteiger partial charge in [0.1, 0.15) is 18.3 Å². The van der Waals surface area contributed by atoms with Crippen LogP contribution in [0.15, 0.2) is 23.8 Å². The highest BCUT2D eigenvalue weighted by atomic mass is 16.5. The summed E-state index contributed by atoms with van der Waals surface area (Å²) in [6, 6.07) is 0. The number of hydrogen-bond donors (Lipinski definition) is 3. The smallest absolute Gasteiger partial charge is 0.220 e. The summed E-state index contributed by atoms with van der Waals surface area (Å²) in [4.78, 5) is 11.6. The monoisotopic (exact) mass is 283 g/mol. The van der Waals surface area contributed by atoms with Gasteiger partial charge in [-0.1, -0.05) is 23.8 Å². The number of methoxy groups -OCH3 is 1. The molecule has 0 fully saturated rings. The Hall–Kier alpha value is -1.17. The number of allylic oxidation sites excluding steroid dienone is 1. The van der Waals surface area contributed by atoms with Gasteiger partial charge in [-0.15, -0.1) is 0 Å². The number of hydrogen-bond acceptors (Lipinski definition) is 4. The standard InChI is InChI=1S/C15H25NO4/c1-11-9-12(17)15(19)13(20-2)7-5-3-4-6-8-14(18)16-10-11/h5,7,9,12-13,15,17,19H,3-4,6,8,10H2,1-2H3,(H,16,18)/b7-5-,11-9+/t12-,13?,15+/m1/s1. The van der Waals surface area contributed by atoms with E-state index in [-0.39, 0.29) is 5.91 Å². The number of amides is 1. The first-order valence-electron chi connectivity index (χ1n) is 7.04. The van der Waals surface area contributed by atoms with Gasteiger partial charge < -0.3 is 20.3 Å². The van der Waals surface area contributed by atoms with E-state index in [4.69, 9.17) is 4.74 Å². The summed E-state index contributed by atoms with van der Waals surface area (Å²) < 4.78 is 5.19. The van der Waals surface area contributed by atoms with E-state index in [9.17, 15) is 15.0 Å². The highest BCUT2D eigenvalue weighted by molar-refractivity contribution is 5.76. The molecule has 3 N–H and O–H groups in total. The van der Waals surface area contributed by atoms with E-state index in [2.05, 4.69) is 5.32 Å². The number of aliphatic hydroxyl groups is 2. The second-order valence-corrected chi connectivity index (χ2v) is 5.15. The molecular weight excluding hydrogens is 258 g/mol. The highest BCUT2D eigenvalue weighted by Crippen LogP contribution is 2.11. The Labute approximate surface area is 120 Å². The lowest BCUT2D eigenvalue weighted by atomic mass is 10.0. The van der Waals surface area contributed by atoms with Crippen molar-refractivity contribution in [2.75, 3.05) is 13.7 Å². The molecule has 5 nitrogen and oxygen atoms in total. The first-order valence-corrected chi connectivity index (χ1v) is 7.04. The van der Waals surface area contributed by atoms with Crippen molar-refractivity contribution in [3.8, 4) is 0 Å². The summed E-state index contributed by atoms with van der Waals surface area (Å²) in [5.74, 6) is 0.0172. The minimum absolute atomic E-state index is 0.0172. The molecule has 0 aromatic rings. The Balaban J connectivity index is 2.78. The molecule has 1 heterocycles. The minimum Gasteiger partial charge on any atom is -0.387 e. The zero-order valence-electron chi connectivity index (χ0n) is 12.2. The van der Waals surface area contributed by atoms with Gasteiger partial charge in [0.15, 0.2) is 0 Å². The maximum atomic E-state index is 11.6. The van der Waals surface area contributed by atoms with Crippen LogP contribution < -0.4 is 5.32 Å². The average molecular weight is 283 g/mol. The molecule has 114 valence electrons. The van der Waals surface area contributed by atoms with Crippen LogP contribution in [0.2, 0.25) is 0 Å². The predicted molar refractivity (Wildman–Crippen MR) is 77.2 cm³/mol. The molecule has 1 aliphatic heterocycles. The third kappa shape index (κ3) is 5.86. The Morgan fingerprint density at radius 2 is 2.10 bits per heavy atom. The van der Waals surface area contributed by atoms with Crippen molar-refractivity contribution >= 4 is 5.91 Å². The van der Waals surface area contributed by atoms with Gasteiger partial charge in [-0.05, 0) is 26.2 Å². The topological polar surface area (TPSA) is 78.8 Å². The maximum absolute atomic E-state index is 11.6. The van der Waals surface area contributed by atoms with Crippen LogP contribution in [0.25, 0.3) is 0 Å². The summed E-state index contributed by atoms with van der Waals surface area (Å²) in [5.41, 5.74) is 0.806. The molecule has 0 spiro atoms. The number of rotatable bonds is 1. The summed E-state index contributed by atoms with van der Waals surface area (Å²) in [6.45, 7) is 2.19. The average Bonchev–Trinajstić information content (AvgIpc) is 2.43. The molecule has 0 saturated heterocycles. The van der Waals surface area contributed by atoms with Gasteiger partial charge in [0.2, 0.25) is 5.91 Å². The van der Waals surface area contributed by atoms with Gasteiger partial charge in [0, 0.05) is 20.1 Å². The quantitative estimate of drug-likeness (QED) is 0.625. The Kier molecular flexibility index (Phi) is 7.51. The van der Waals surface area contributed by atoms with Crippen molar-refractivity contribution in [3.63, 3.8) is 0 Å². The summed E-state index contributed by atoms with van der Waals surface area (Å²) >= 11 is 0. The largest absolute Gasteiger partial charge is 0.387 e. The molecule has 5 heteroatoms. The molecule has 1 aliphatic rings. The molecule has 0 bridgehead atoms. The van der Waals surface area contributed by atoms with Crippen LogP contribution in [0.1, 0.15) is 32.6 Å². The van der Waals surface area contributed by atoms with Crippen LogP contribution >= 0.6 is 0 Å². The number of nitrogens with one attached hydrogen (secondary N) is 1. The molecule has 0 aliphatic carbocycles. The van der Waals surface area contributed by atoms with Crippen molar-refractivity contribution < 1.29 is 19.7 Å². The van der Waals surface area contributed by atoms with Crippen molar-refractivity contribution in [1.29, 1.82) is 0 Å². The number of aliphatic hydroxyl groups excluding tert-OH is 2. The molecule has 20 heavy (non-hydrogen) atoms. The lowest BCUT2D eigenvalue weighted by Gasteiger charge is -2.22. The van der Waals surface area contributed by atoms with Gasteiger partial charge in [0.25, 0.3) is 0 Å². The first-order chi connectivity index (χ1) is 9.54. The van der Waals surface area contributed by atoms with Gasteiger partial charge in [-0.25, -0.2) is 0 Å². The Bertz CT molecular complexity index is 365. The third-order valence-electron chi connectivity index (χ3n) is 3.33. The van der Waals surface area contributed by atoms with Crippen molar-refractivity contribution in [1.82, 2.24) is 5.32 Å².